The summed E-state index contributed by atoms with van der Waals surface area (Å²) in [5.41, 5.74) is 6.45. The summed E-state index contributed by atoms with van der Waals surface area (Å²) in [6.07, 6.45) is 0. The Morgan fingerprint density at radius 2 is 1.44 bits per heavy atom. The molecule has 1 aliphatic heterocycles. The molecule has 1 heterocycles. The maximum Gasteiger partial charge on any atom is 0.254 e. The molecule has 2 rings (SSSR count). The number of hydrogen-bond donors (Lipinski definition) is 1. The molecule has 7 nitrogen and oxygen atoms in total. The van der Waals surface area contributed by atoms with Crippen LogP contribution >= 0.6 is 0 Å². The van der Waals surface area contributed by atoms with Crippen LogP contribution in [0.3, 0.4) is 0 Å². The van der Waals surface area contributed by atoms with E-state index < -0.39 is 6.04 Å². The zero-order chi connectivity index (χ0) is 18.6. The molecule has 2 N–H and O–H groups in total. The molecule has 1 aromatic rings. The summed E-state index contributed by atoms with van der Waals surface area (Å²) in [5, 5.41) is 0. The Morgan fingerprint density at radius 3 is 1.88 bits per heavy atom. The Bertz CT molecular complexity index is 602. The second-order valence-corrected chi connectivity index (χ2v) is 6.49. The molecule has 1 saturated heterocycles. The SMILES string of the molecule is COc1cc(OC)cc(C(=O)N2CCN(C(=O)[C@@H](N)C(C)C)CC2)c1. The summed E-state index contributed by atoms with van der Waals surface area (Å²) in [6.45, 7) is 5.80. The molecule has 0 bridgehead atoms. The fourth-order valence-electron chi connectivity index (χ4n) is 2.74. The van der Waals surface area contributed by atoms with Gasteiger partial charge in [-0.2, -0.15) is 0 Å². The minimum Gasteiger partial charge on any atom is -0.497 e. The molecule has 0 spiro atoms. The minimum absolute atomic E-state index is 0.0508. The molecule has 1 aliphatic rings. The second kappa shape index (κ2) is 8.20. The van der Waals surface area contributed by atoms with Crippen LogP contribution in [0.15, 0.2) is 18.2 Å². The van der Waals surface area contributed by atoms with Gasteiger partial charge in [0.05, 0.1) is 20.3 Å². The second-order valence-electron chi connectivity index (χ2n) is 6.49. The van der Waals surface area contributed by atoms with E-state index in [1.165, 1.54) is 0 Å². The molecule has 0 radical (unpaired) electrons. The molecule has 0 aromatic heterocycles. The van der Waals surface area contributed by atoms with Crippen LogP contribution in [0.25, 0.3) is 0 Å². The predicted molar refractivity (Wildman–Crippen MR) is 94.8 cm³/mol. The molecular weight excluding hydrogens is 322 g/mol. The Hall–Kier alpha value is -2.28. The van der Waals surface area contributed by atoms with Crippen molar-refractivity contribution in [2.24, 2.45) is 11.7 Å². The molecule has 0 saturated carbocycles. The van der Waals surface area contributed by atoms with Gasteiger partial charge >= 0.3 is 0 Å². The van der Waals surface area contributed by atoms with Crippen molar-refractivity contribution < 1.29 is 19.1 Å². The summed E-state index contributed by atoms with van der Waals surface area (Å²) >= 11 is 0. The van der Waals surface area contributed by atoms with E-state index in [1.54, 1.807) is 42.2 Å². The summed E-state index contributed by atoms with van der Waals surface area (Å²) in [7, 11) is 3.09. The summed E-state index contributed by atoms with van der Waals surface area (Å²) in [6, 6.07) is 4.61. The molecule has 1 fully saturated rings. The zero-order valence-electron chi connectivity index (χ0n) is 15.3. The van der Waals surface area contributed by atoms with Crippen molar-refractivity contribution in [1.82, 2.24) is 9.80 Å². The quantitative estimate of drug-likeness (QED) is 0.856. The number of carbonyl (C=O) groups is 2. The lowest BCUT2D eigenvalue weighted by Gasteiger charge is -2.36. The van der Waals surface area contributed by atoms with Crippen LogP contribution in [0, 0.1) is 5.92 Å². The number of benzene rings is 1. The molecule has 7 heteroatoms. The maximum atomic E-state index is 12.7. The van der Waals surface area contributed by atoms with Crippen molar-refractivity contribution in [2.45, 2.75) is 19.9 Å². The van der Waals surface area contributed by atoms with Crippen LogP contribution in [-0.2, 0) is 4.79 Å². The number of nitrogens with zero attached hydrogens (tertiary/aromatic N) is 2. The maximum absolute atomic E-state index is 12.7. The fourth-order valence-corrected chi connectivity index (χ4v) is 2.74. The average molecular weight is 349 g/mol. The Labute approximate surface area is 148 Å². The molecule has 1 aromatic carbocycles. The fraction of sp³-hybridized carbons (Fsp3) is 0.556. The first kappa shape index (κ1) is 19.1. The van der Waals surface area contributed by atoms with Crippen molar-refractivity contribution in [3.05, 3.63) is 23.8 Å². The van der Waals surface area contributed by atoms with Gasteiger partial charge in [0, 0.05) is 37.8 Å². The molecule has 138 valence electrons. The van der Waals surface area contributed by atoms with Crippen LogP contribution in [0.2, 0.25) is 0 Å². The van der Waals surface area contributed by atoms with E-state index in [4.69, 9.17) is 15.2 Å². The van der Waals surface area contributed by atoms with E-state index in [-0.39, 0.29) is 17.7 Å². The van der Waals surface area contributed by atoms with Gasteiger partial charge < -0.3 is 25.0 Å². The number of piperazine rings is 1. The molecule has 25 heavy (non-hydrogen) atoms. The Kier molecular flexibility index (Phi) is 6.25. The van der Waals surface area contributed by atoms with Gasteiger partial charge in [-0.05, 0) is 18.1 Å². The Morgan fingerprint density at radius 1 is 0.960 bits per heavy atom. The van der Waals surface area contributed by atoms with Crippen LogP contribution < -0.4 is 15.2 Å². The summed E-state index contributed by atoms with van der Waals surface area (Å²) in [4.78, 5) is 28.5. The summed E-state index contributed by atoms with van der Waals surface area (Å²) in [5.74, 6) is 1.08. The van der Waals surface area contributed by atoms with E-state index in [1.807, 2.05) is 13.8 Å². The molecular formula is C18H27N3O4. The van der Waals surface area contributed by atoms with Gasteiger partial charge in [-0.3, -0.25) is 9.59 Å². The standard InChI is InChI=1S/C18H27N3O4/c1-12(2)16(19)18(23)21-7-5-20(6-8-21)17(22)13-9-14(24-3)11-15(10-13)25-4/h9-12,16H,5-8,19H2,1-4H3/t16-/m0/s1. The third-order valence-corrected chi connectivity index (χ3v) is 4.48. The van der Waals surface area contributed by atoms with Gasteiger partial charge in [-0.1, -0.05) is 13.8 Å². The monoisotopic (exact) mass is 349 g/mol. The number of rotatable bonds is 5. The predicted octanol–water partition coefficient (Wildman–Crippen LogP) is 0.972. The van der Waals surface area contributed by atoms with Crippen LogP contribution in [0.4, 0.5) is 0 Å². The van der Waals surface area contributed by atoms with Gasteiger partial charge in [0.2, 0.25) is 5.91 Å². The zero-order valence-corrected chi connectivity index (χ0v) is 15.3. The highest BCUT2D eigenvalue weighted by Crippen LogP contribution is 2.24. The number of nitrogens with two attached hydrogens (primary N) is 1. The molecule has 0 unspecified atom stereocenters. The Balaban J connectivity index is 2.03. The van der Waals surface area contributed by atoms with Gasteiger partial charge in [0.15, 0.2) is 0 Å². The smallest absolute Gasteiger partial charge is 0.254 e. The lowest BCUT2D eigenvalue weighted by molar-refractivity contribution is -0.135. The van der Waals surface area contributed by atoms with Gasteiger partial charge in [0.25, 0.3) is 5.91 Å². The van der Waals surface area contributed by atoms with Crippen molar-refractivity contribution in [3.63, 3.8) is 0 Å². The number of ether oxygens (including phenoxy) is 2. The average Bonchev–Trinajstić information content (AvgIpc) is 2.65. The highest BCUT2D eigenvalue weighted by atomic mass is 16.5. The van der Waals surface area contributed by atoms with Crippen molar-refractivity contribution >= 4 is 11.8 Å². The number of methoxy groups -OCH3 is 2. The minimum atomic E-state index is -0.495. The lowest BCUT2D eigenvalue weighted by Crippen LogP contribution is -2.55. The first-order chi connectivity index (χ1) is 11.9. The van der Waals surface area contributed by atoms with Crippen molar-refractivity contribution in [2.75, 3.05) is 40.4 Å². The van der Waals surface area contributed by atoms with E-state index in [9.17, 15) is 9.59 Å². The number of carbonyl (C=O) groups excluding carboxylic acids is 2. The lowest BCUT2D eigenvalue weighted by atomic mass is 10.0. The van der Waals surface area contributed by atoms with E-state index in [0.29, 0.717) is 43.2 Å². The van der Waals surface area contributed by atoms with Gasteiger partial charge in [-0.25, -0.2) is 0 Å². The van der Waals surface area contributed by atoms with Gasteiger partial charge in [0.1, 0.15) is 11.5 Å². The van der Waals surface area contributed by atoms with Gasteiger partial charge in [-0.15, -0.1) is 0 Å². The highest BCUT2D eigenvalue weighted by Gasteiger charge is 2.29. The van der Waals surface area contributed by atoms with Crippen molar-refractivity contribution in [3.8, 4) is 11.5 Å². The normalized spacial score (nSPS) is 15.9. The first-order valence-electron chi connectivity index (χ1n) is 8.44. The molecule has 2 amide bonds. The van der Waals surface area contributed by atoms with Crippen LogP contribution in [0.5, 0.6) is 11.5 Å². The van der Waals surface area contributed by atoms with Crippen LogP contribution in [0.1, 0.15) is 24.2 Å². The largest absolute Gasteiger partial charge is 0.497 e. The summed E-state index contributed by atoms with van der Waals surface area (Å²) < 4.78 is 10.4. The van der Waals surface area contributed by atoms with E-state index >= 15 is 0 Å². The topological polar surface area (TPSA) is 85.1 Å². The number of amides is 2. The van der Waals surface area contributed by atoms with Crippen molar-refractivity contribution in [1.29, 1.82) is 0 Å². The van der Waals surface area contributed by atoms with E-state index in [2.05, 4.69) is 0 Å². The van der Waals surface area contributed by atoms with E-state index in [0.717, 1.165) is 0 Å². The highest BCUT2D eigenvalue weighted by molar-refractivity contribution is 5.95. The third kappa shape index (κ3) is 4.42. The molecule has 1 atom stereocenters. The first-order valence-corrected chi connectivity index (χ1v) is 8.44. The molecule has 0 aliphatic carbocycles. The third-order valence-electron chi connectivity index (χ3n) is 4.48. The van der Waals surface area contributed by atoms with Crippen LogP contribution in [-0.4, -0.2) is 68.1 Å². The number of hydrogen-bond acceptors (Lipinski definition) is 5.